The molecule has 7 nitrogen and oxygen atoms in total. The van der Waals surface area contributed by atoms with Crippen molar-refractivity contribution in [1.82, 2.24) is 24.5 Å². The number of likely N-dealkylation sites (N-methyl/N-ethyl adjacent to an activating group) is 2. The van der Waals surface area contributed by atoms with E-state index in [-0.39, 0.29) is 6.04 Å². The van der Waals surface area contributed by atoms with Crippen molar-refractivity contribution >= 4 is 10.4 Å². The SMILES string of the molecule is CC1=C(N[S+](=O)(O)c2cccc(CCCN3CCN(C)CC3)c2)C(C)N(C)N1C. The predicted molar refractivity (Wildman–Crippen MR) is 118 cm³/mol. The molecule has 1 aromatic rings. The summed E-state index contributed by atoms with van der Waals surface area (Å²) in [5.74, 6) is 0. The Balaban J connectivity index is 1.61. The van der Waals surface area contributed by atoms with Crippen molar-refractivity contribution in [2.75, 3.05) is 53.9 Å². The van der Waals surface area contributed by atoms with Gasteiger partial charge in [-0.2, -0.15) is 9.27 Å². The van der Waals surface area contributed by atoms with E-state index in [2.05, 4.69) is 21.6 Å². The van der Waals surface area contributed by atoms with Crippen LogP contribution in [0.3, 0.4) is 0 Å². The lowest BCUT2D eigenvalue weighted by atomic mass is 10.1. The van der Waals surface area contributed by atoms with Gasteiger partial charge in [0, 0.05) is 46.3 Å². The normalized spacial score (nSPS) is 24.2. The van der Waals surface area contributed by atoms with Crippen LogP contribution in [-0.2, 0) is 21.0 Å². The van der Waals surface area contributed by atoms with Crippen LogP contribution in [0.4, 0.5) is 0 Å². The van der Waals surface area contributed by atoms with E-state index in [1.807, 2.05) is 56.2 Å². The summed E-state index contributed by atoms with van der Waals surface area (Å²) in [7, 11) is 2.75. The van der Waals surface area contributed by atoms with E-state index in [0.29, 0.717) is 4.90 Å². The van der Waals surface area contributed by atoms with Gasteiger partial charge in [-0.3, -0.25) is 0 Å². The van der Waals surface area contributed by atoms with Crippen LogP contribution in [0.5, 0.6) is 0 Å². The maximum absolute atomic E-state index is 13.1. The zero-order valence-electron chi connectivity index (χ0n) is 18.4. The van der Waals surface area contributed by atoms with E-state index >= 15 is 0 Å². The van der Waals surface area contributed by atoms with Gasteiger partial charge in [-0.1, -0.05) is 12.1 Å². The van der Waals surface area contributed by atoms with Gasteiger partial charge < -0.3 is 14.8 Å². The molecule has 2 unspecified atom stereocenters. The fraction of sp³-hybridized carbons (Fsp3) is 0.619. The lowest BCUT2D eigenvalue weighted by Gasteiger charge is -2.32. The molecular weight excluding hydrogens is 386 g/mol. The number of hydrogen-bond donors (Lipinski definition) is 2. The van der Waals surface area contributed by atoms with Gasteiger partial charge in [-0.25, -0.2) is 5.01 Å². The Morgan fingerprint density at radius 3 is 2.48 bits per heavy atom. The van der Waals surface area contributed by atoms with Gasteiger partial charge >= 0.3 is 10.4 Å². The van der Waals surface area contributed by atoms with E-state index in [0.717, 1.165) is 62.5 Å². The largest absolute Gasteiger partial charge is 0.345 e. The smallest absolute Gasteiger partial charge is 0.311 e. The second kappa shape index (κ2) is 9.14. The number of hydrogen-bond acceptors (Lipinski definition) is 5. The summed E-state index contributed by atoms with van der Waals surface area (Å²) in [4.78, 5) is 5.31. The molecule has 1 saturated heterocycles. The lowest BCUT2D eigenvalue weighted by Crippen LogP contribution is -2.44. The maximum Gasteiger partial charge on any atom is 0.345 e. The summed E-state index contributed by atoms with van der Waals surface area (Å²) in [5.41, 5.74) is 2.87. The number of benzene rings is 1. The minimum Gasteiger partial charge on any atom is -0.311 e. The maximum atomic E-state index is 13.1. The highest BCUT2D eigenvalue weighted by Gasteiger charge is 2.38. The number of aryl methyl sites for hydroxylation is 1. The van der Waals surface area contributed by atoms with Crippen molar-refractivity contribution < 1.29 is 8.76 Å². The molecule has 3 rings (SSSR count). The molecule has 0 aliphatic carbocycles. The third kappa shape index (κ3) is 5.19. The Labute approximate surface area is 176 Å². The molecule has 0 radical (unpaired) electrons. The Hall–Kier alpha value is -1.45. The average Bonchev–Trinajstić information content (AvgIpc) is 2.87. The van der Waals surface area contributed by atoms with Crippen LogP contribution < -0.4 is 4.72 Å². The molecule has 0 spiro atoms. The monoisotopic (exact) mass is 422 g/mol. The first-order chi connectivity index (χ1) is 13.7. The second-order valence-corrected chi connectivity index (χ2v) is 10.0. The van der Waals surface area contributed by atoms with Crippen molar-refractivity contribution in [3.05, 3.63) is 41.2 Å². The number of rotatable bonds is 7. The van der Waals surface area contributed by atoms with Crippen molar-refractivity contribution in [1.29, 1.82) is 0 Å². The number of piperazine rings is 1. The molecule has 2 atom stereocenters. The topological polar surface area (TPSA) is 62.3 Å². The Morgan fingerprint density at radius 1 is 1.17 bits per heavy atom. The highest BCUT2D eigenvalue weighted by Crippen LogP contribution is 2.27. The zero-order valence-corrected chi connectivity index (χ0v) is 19.2. The van der Waals surface area contributed by atoms with Crippen LogP contribution in [0.1, 0.15) is 25.8 Å². The van der Waals surface area contributed by atoms with E-state index in [1.165, 1.54) is 0 Å². The molecule has 0 saturated carbocycles. The average molecular weight is 423 g/mol. The van der Waals surface area contributed by atoms with Crippen LogP contribution in [0.15, 0.2) is 40.6 Å². The summed E-state index contributed by atoms with van der Waals surface area (Å²) >= 11 is 0. The Morgan fingerprint density at radius 2 is 1.86 bits per heavy atom. The fourth-order valence-corrected chi connectivity index (χ4v) is 5.29. The van der Waals surface area contributed by atoms with Gasteiger partial charge in [-0.15, -0.1) is 0 Å². The molecule has 2 aliphatic rings. The van der Waals surface area contributed by atoms with Gasteiger partial charge in [-0.05, 0) is 56.1 Å². The van der Waals surface area contributed by atoms with Gasteiger partial charge in [0.15, 0.2) is 0 Å². The Kier molecular flexibility index (Phi) is 7.01. The van der Waals surface area contributed by atoms with Crippen LogP contribution in [0, 0.1) is 0 Å². The predicted octanol–water partition coefficient (Wildman–Crippen LogP) is 2.11. The number of nitrogens with zero attached hydrogens (tertiary/aromatic N) is 4. The molecule has 0 amide bonds. The van der Waals surface area contributed by atoms with Gasteiger partial charge in [0.2, 0.25) is 4.90 Å². The fourth-order valence-electron chi connectivity index (χ4n) is 3.98. The van der Waals surface area contributed by atoms with Gasteiger partial charge in [0.05, 0.1) is 11.7 Å². The van der Waals surface area contributed by atoms with Crippen LogP contribution >= 0.6 is 0 Å². The van der Waals surface area contributed by atoms with Crippen LogP contribution in [-0.4, -0.2) is 84.3 Å². The minimum absolute atomic E-state index is 0.0275. The van der Waals surface area contributed by atoms with E-state index in [9.17, 15) is 8.76 Å². The number of nitrogens with one attached hydrogen (secondary N) is 1. The van der Waals surface area contributed by atoms with E-state index < -0.39 is 10.4 Å². The van der Waals surface area contributed by atoms with Gasteiger partial charge in [0.1, 0.15) is 5.70 Å². The first kappa shape index (κ1) is 22.2. The summed E-state index contributed by atoms with van der Waals surface area (Å²) in [6, 6.07) is 7.58. The van der Waals surface area contributed by atoms with Crippen molar-refractivity contribution in [2.45, 2.75) is 37.6 Å². The quantitative estimate of drug-likeness (QED) is 0.657. The second-order valence-electron chi connectivity index (χ2n) is 8.30. The third-order valence-electron chi connectivity index (χ3n) is 6.33. The molecule has 1 aromatic carbocycles. The van der Waals surface area contributed by atoms with Crippen molar-refractivity contribution in [3.63, 3.8) is 0 Å². The highest BCUT2D eigenvalue weighted by molar-refractivity contribution is 7.96. The minimum atomic E-state index is -3.36. The van der Waals surface area contributed by atoms with E-state index in [4.69, 9.17) is 0 Å². The molecular formula is C21H36N5O2S+. The molecule has 29 heavy (non-hydrogen) atoms. The number of hydrazine groups is 1. The summed E-state index contributed by atoms with van der Waals surface area (Å²) < 4.78 is 26.8. The van der Waals surface area contributed by atoms with Crippen LogP contribution in [0.2, 0.25) is 0 Å². The standard InChI is InChI=1S/C21H35N5O2S/c1-17-21(18(2)25(5)24(17)4)22-29(27,28)20-10-6-8-19(16-20)9-7-11-26-14-12-23(3)13-15-26/h6,8,10,16-17H,7,9,11-15H2,1-5H3,(H-,22,27,28)/p+1. The molecule has 0 bridgehead atoms. The zero-order chi connectivity index (χ0) is 21.2. The molecule has 2 aliphatic heterocycles. The van der Waals surface area contributed by atoms with Crippen molar-refractivity contribution in [2.24, 2.45) is 0 Å². The third-order valence-corrected chi connectivity index (χ3v) is 7.72. The lowest BCUT2D eigenvalue weighted by molar-refractivity contribution is 0.0676. The molecule has 2 heterocycles. The number of allylic oxidation sites excluding steroid dienone is 1. The molecule has 0 aromatic heterocycles. The molecule has 2 N–H and O–H groups in total. The molecule has 8 heteroatoms. The van der Waals surface area contributed by atoms with Crippen LogP contribution in [0.25, 0.3) is 0 Å². The molecule has 162 valence electrons. The summed E-state index contributed by atoms with van der Waals surface area (Å²) in [6.45, 7) is 9.58. The first-order valence-corrected chi connectivity index (χ1v) is 11.9. The highest BCUT2D eigenvalue weighted by atomic mass is 32.3. The first-order valence-electron chi connectivity index (χ1n) is 10.4. The molecule has 1 fully saturated rings. The summed E-state index contributed by atoms with van der Waals surface area (Å²) in [6.07, 6.45) is 1.98. The van der Waals surface area contributed by atoms with E-state index in [1.54, 1.807) is 6.07 Å². The summed E-state index contributed by atoms with van der Waals surface area (Å²) in [5, 5.41) is 4.04. The van der Waals surface area contributed by atoms with Gasteiger partial charge in [0.25, 0.3) is 0 Å². The Bertz CT molecular complexity index is 791. The van der Waals surface area contributed by atoms with Crippen molar-refractivity contribution in [3.8, 4) is 0 Å².